The summed E-state index contributed by atoms with van der Waals surface area (Å²) < 4.78 is 11.3. The van der Waals surface area contributed by atoms with E-state index in [1.165, 1.54) is 6.42 Å². The van der Waals surface area contributed by atoms with Crippen LogP contribution in [0, 0.1) is 5.41 Å². The number of ether oxygens (including phenoxy) is 1. The molecule has 0 radical (unpaired) electrons. The van der Waals surface area contributed by atoms with E-state index in [-0.39, 0.29) is 5.97 Å². The number of furan rings is 1. The Bertz CT molecular complexity index is 647. The van der Waals surface area contributed by atoms with Gasteiger partial charge >= 0.3 is 11.9 Å². The van der Waals surface area contributed by atoms with Gasteiger partial charge in [-0.05, 0) is 39.3 Å². The maximum absolute atomic E-state index is 12.0. The first-order chi connectivity index (χ1) is 9.47. The van der Waals surface area contributed by atoms with Gasteiger partial charge in [-0.1, -0.05) is 12.1 Å². The van der Waals surface area contributed by atoms with Crippen molar-refractivity contribution < 1.29 is 13.9 Å². The molecular weight excluding hydrogens is 254 g/mol. The quantitative estimate of drug-likeness (QED) is 0.784. The Labute approximate surface area is 118 Å². The van der Waals surface area contributed by atoms with E-state index < -0.39 is 5.41 Å². The summed E-state index contributed by atoms with van der Waals surface area (Å²) in [6.45, 7) is 7.47. The second-order valence-electron chi connectivity index (χ2n) is 6.22. The van der Waals surface area contributed by atoms with Crippen LogP contribution in [0.5, 0.6) is 5.95 Å². The van der Waals surface area contributed by atoms with Crippen molar-refractivity contribution in [2.75, 3.05) is 18.0 Å². The van der Waals surface area contributed by atoms with Crippen LogP contribution in [0.25, 0.3) is 10.8 Å². The van der Waals surface area contributed by atoms with Crippen LogP contribution in [0.15, 0.2) is 28.7 Å². The molecule has 2 heterocycles. The van der Waals surface area contributed by atoms with Crippen molar-refractivity contribution in [2.24, 2.45) is 5.41 Å². The van der Waals surface area contributed by atoms with Gasteiger partial charge in [0.15, 0.2) is 0 Å². The lowest BCUT2D eigenvalue weighted by Gasteiger charge is -2.30. The fraction of sp³-hybridized carbons (Fsp3) is 0.438. The minimum atomic E-state index is -0.551. The minimum Gasteiger partial charge on any atom is -0.408 e. The van der Waals surface area contributed by atoms with Crippen LogP contribution in [0.4, 0.5) is 5.88 Å². The summed E-state index contributed by atoms with van der Waals surface area (Å²) in [7, 11) is 0. The Balaban J connectivity index is 2.00. The Morgan fingerprint density at radius 3 is 2.40 bits per heavy atom. The summed E-state index contributed by atoms with van der Waals surface area (Å²) in [5, 5.41) is 1.86. The number of esters is 1. The SMILES string of the molecule is CC(C)(C)C(=O)Oc1oc(N2CCC2)c2ccccc12. The number of carbonyl (C=O) groups excluding carboxylic acids is 1. The van der Waals surface area contributed by atoms with Crippen LogP contribution in [0.1, 0.15) is 27.2 Å². The molecule has 0 spiro atoms. The van der Waals surface area contributed by atoms with Crippen molar-refractivity contribution in [3.05, 3.63) is 24.3 Å². The van der Waals surface area contributed by atoms with E-state index in [0.717, 1.165) is 29.7 Å². The number of hydrogen-bond donors (Lipinski definition) is 0. The van der Waals surface area contributed by atoms with Gasteiger partial charge in [0, 0.05) is 18.5 Å². The zero-order valence-electron chi connectivity index (χ0n) is 12.1. The molecule has 4 nitrogen and oxygen atoms in total. The average molecular weight is 273 g/mol. The molecular formula is C16H19NO3. The Morgan fingerprint density at radius 2 is 1.85 bits per heavy atom. The van der Waals surface area contributed by atoms with E-state index in [4.69, 9.17) is 9.15 Å². The summed E-state index contributed by atoms with van der Waals surface area (Å²) in [6, 6.07) is 7.82. The fourth-order valence-electron chi connectivity index (χ4n) is 2.11. The first-order valence-corrected chi connectivity index (χ1v) is 6.95. The monoisotopic (exact) mass is 273 g/mol. The van der Waals surface area contributed by atoms with E-state index in [9.17, 15) is 4.79 Å². The third-order valence-corrected chi connectivity index (χ3v) is 3.51. The van der Waals surface area contributed by atoms with E-state index in [1.54, 1.807) is 0 Å². The van der Waals surface area contributed by atoms with Gasteiger partial charge in [0.05, 0.1) is 10.8 Å². The maximum atomic E-state index is 12.0. The normalized spacial score (nSPS) is 15.2. The van der Waals surface area contributed by atoms with Gasteiger partial charge in [0.25, 0.3) is 0 Å². The molecule has 0 atom stereocenters. The lowest BCUT2D eigenvalue weighted by molar-refractivity contribution is -0.144. The highest BCUT2D eigenvalue weighted by molar-refractivity contribution is 5.97. The number of carbonyl (C=O) groups is 1. The molecule has 1 saturated heterocycles. The van der Waals surface area contributed by atoms with Crippen LogP contribution in [-0.4, -0.2) is 19.1 Å². The number of fused-ring (bicyclic) bond motifs is 1. The first kappa shape index (κ1) is 13.0. The molecule has 1 aliphatic rings. The summed E-state index contributed by atoms with van der Waals surface area (Å²) >= 11 is 0. The van der Waals surface area contributed by atoms with E-state index >= 15 is 0 Å². The van der Waals surface area contributed by atoms with Crippen molar-refractivity contribution in [3.8, 4) is 5.95 Å². The van der Waals surface area contributed by atoms with Crippen molar-refractivity contribution in [1.29, 1.82) is 0 Å². The number of rotatable bonds is 2. The molecule has 4 heteroatoms. The van der Waals surface area contributed by atoms with Gasteiger partial charge in [-0.2, -0.15) is 0 Å². The first-order valence-electron chi connectivity index (χ1n) is 6.95. The average Bonchev–Trinajstić information content (AvgIpc) is 2.66. The van der Waals surface area contributed by atoms with Crippen molar-refractivity contribution in [3.63, 3.8) is 0 Å². The molecule has 0 bridgehead atoms. The molecule has 0 aliphatic carbocycles. The summed E-state index contributed by atoms with van der Waals surface area (Å²) in [5.74, 6) is 0.832. The smallest absolute Gasteiger partial charge is 0.319 e. The fourth-order valence-corrected chi connectivity index (χ4v) is 2.11. The predicted octanol–water partition coefficient (Wildman–Crippen LogP) is 3.59. The standard InChI is InChI=1S/C16H19NO3/c1-16(2,3)15(18)20-14-12-8-5-4-7-11(12)13(19-14)17-9-6-10-17/h4-5,7-8H,6,9-10H2,1-3H3. The highest BCUT2D eigenvalue weighted by Gasteiger charge is 2.28. The largest absolute Gasteiger partial charge is 0.408 e. The second-order valence-corrected chi connectivity index (χ2v) is 6.22. The second kappa shape index (κ2) is 4.54. The molecule has 1 fully saturated rings. The van der Waals surface area contributed by atoms with E-state index in [0.29, 0.717) is 5.95 Å². The molecule has 106 valence electrons. The van der Waals surface area contributed by atoms with Crippen molar-refractivity contribution in [2.45, 2.75) is 27.2 Å². The number of hydrogen-bond acceptors (Lipinski definition) is 4. The van der Waals surface area contributed by atoms with Crippen LogP contribution < -0.4 is 9.64 Å². The van der Waals surface area contributed by atoms with Crippen LogP contribution in [0.2, 0.25) is 0 Å². The Morgan fingerprint density at radius 1 is 1.20 bits per heavy atom. The molecule has 0 amide bonds. The summed E-state index contributed by atoms with van der Waals surface area (Å²) in [4.78, 5) is 14.2. The zero-order chi connectivity index (χ0) is 14.3. The zero-order valence-corrected chi connectivity index (χ0v) is 12.1. The molecule has 3 rings (SSSR count). The van der Waals surface area contributed by atoms with Gasteiger partial charge in [-0.25, -0.2) is 0 Å². The van der Waals surface area contributed by atoms with Crippen LogP contribution in [-0.2, 0) is 4.79 Å². The van der Waals surface area contributed by atoms with Crippen LogP contribution in [0.3, 0.4) is 0 Å². The maximum Gasteiger partial charge on any atom is 0.319 e. The van der Waals surface area contributed by atoms with Crippen molar-refractivity contribution in [1.82, 2.24) is 0 Å². The predicted molar refractivity (Wildman–Crippen MR) is 78.1 cm³/mol. The number of anilines is 1. The number of nitrogens with zero attached hydrogens (tertiary/aromatic N) is 1. The third kappa shape index (κ3) is 2.15. The van der Waals surface area contributed by atoms with Crippen molar-refractivity contribution >= 4 is 22.6 Å². The lowest BCUT2D eigenvalue weighted by Crippen LogP contribution is -2.36. The topological polar surface area (TPSA) is 42.7 Å². The summed E-state index contributed by atoms with van der Waals surface area (Å²) in [5.41, 5.74) is -0.551. The highest BCUT2D eigenvalue weighted by atomic mass is 16.6. The minimum absolute atomic E-state index is 0.285. The summed E-state index contributed by atoms with van der Waals surface area (Å²) in [6.07, 6.45) is 1.17. The molecule has 0 saturated carbocycles. The van der Waals surface area contributed by atoms with Gasteiger partial charge < -0.3 is 14.1 Å². The lowest BCUT2D eigenvalue weighted by atomic mass is 9.97. The highest BCUT2D eigenvalue weighted by Crippen LogP contribution is 2.40. The molecule has 1 aliphatic heterocycles. The molecule has 2 aromatic rings. The van der Waals surface area contributed by atoms with E-state index in [2.05, 4.69) is 4.90 Å². The molecule has 0 unspecified atom stereocenters. The van der Waals surface area contributed by atoms with Gasteiger partial charge in [0.2, 0.25) is 5.88 Å². The molecule has 1 aromatic heterocycles. The third-order valence-electron chi connectivity index (χ3n) is 3.51. The molecule has 1 aromatic carbocycles. The van der Waals surface area contributed by atoms with Gasteiger partial charge in [0.1, 0.15) is 0 Å². The van der Waals surface area contributed by atoms with Gasteiger partial charge in [-0.15, -0.1) is 0 Å². The Hall–Kier alpha value is -1.97. The van der Waals surface area contributed by atoms with Gasteiger partial charge in [-0.3, -0.25) is 4.79 Å². The van der Waals surface area contributed by atoms with Crippen LogP contribution >= 0.6 is 0 Å². The molecule has 20 heavy (non-hydrogen) atoms. The number of benzene rings is 1. The molecule has 0 N–H and O–H groups in total. The van der Waals surface area contributed by atoms with E-state index in [1.807, 2.05) is 45.0 Å². The Kier molecular flexibility index (Phi) is 2.96.